The zero-order valence-electron chi connectivity index (χ0n) is 11.2. The molecule has 96 valence electrons. The van der Waals surface area contributed by atoms with Crippen molar-refractivity contribution >= 4 is 0 Å². The van der Waals surface area contributed by atoms with Crippen LogP contribution in [0.4, 0.5) is 0 Å². The van der Waals surface area contributed by atoms with Crippen LogP contribution in [0.2, 0.25) is 0 Å². The molecule has 4 heteroatoms. The van der Waals surface area contributed by atoms with Crippen molar-refractivity contribution in [2.75, 3.05) is 27.7 Å². The van der Waals surface area contributed by atoms with Gasteiger partial charge in [-0.05, 0) is 25.0 Å². The Morgan fingerprint density at radius 3 is 2.53 bits per heavy atom. The summed E-state index contributed by atoms with van der Waals surface area (Å²) in [6.07, 6.45) is 0.825. The van der Waals surface area contributed by atoms with Gasteiger partial charge in [-0.1, -0.05) is 18.2 Å². The summed E-state index contributed by atoms with van der Waals surface area (Å²) in [7, 11) is 5.63. The standard InChI is InChI=1S/C13H23N3O/c1-13(10-14,15-16(2)3)9-11-7-5-6-8-12(11)17-4/h5-8,15H,9-10,14H2,1-4H3. The first-order chi connectivity index (χ1) is 8.00. The number of nitrogens with two attached hydrogens (primary N) is 1. The zero-order valence-corrected chi connectivity index (χ0v) is 11.2. The normalized spacial score (nSPS) is 14.7. The van der Waals surface area contributed by atoms with E-state index in [1.807, 2.05) is 37.3 Å². The quantitative estimate of drug-likeness (QED) is 0.725. The van der Waals surface area contributed by atoms with Crippen LogP contribution in [-0.4, -0.2) is 38.3 Å². The fraction of sp³-hybridized carbons (Fsp3) is 0.538. The van der Waals surface area contributed by atoms with Crippen molar-refractivity contribution in [1.29, 1.82) is 0 Å². The lowest BCUT2D eigenvalue weighted by Crippen LogP contribution is -2.55. The summed E-state index contributed by atoms with van der Waals surface area (Å²) < 4.78 is 5.36. The topological polar surface area (TPSA) is 50.5 Å². The molecule has 0 radical (unpaired) electrons. The molecule has 0 fully saturated rings. The van der Waals surface area contributed by atoms with E-state index in [4.69, 9.17) is 10.5 Å². The maximum Gasteiger partial charge on any atom is 0.122 e. The summed E-state index contributed by atoms with van der Waals surface area (Å²) in [6, 6.07) is 8.04. The number of rotatable bonds is 6. The molecule has 0 spiro atoms. The highest BCUT2D eigenvalue weighted by molar-refractivity contribution is 5.34. The molecule has 1 rings (SSSR count). The summed E-state index contributed by atoms with van der Waals surface area (Å²) in [5.74, 6) is 0.910. The summed E-state index contributed by atoms with van der Waals surface area (Å²) in [5.41, 5.74) is 10.2. The van der Waals surface area contributed by atoms with E-state index in [0.717, 1.165) is 17.7 Å². The smallest absolute Gasteiger partial charge is 0.122 e. The number of nitrogens with zero attached hydrogens (tertiary/aromatic N) is 1. The predicted octanol–water partition coefficient (Wildman–Crippen LogP) is 1.02. The molecule has 1 aromatic rings. The minimum absolute atomic E-state index is 0.169. The van der Waals surface area contributed by atoms with E-state index in [1.165, 1.54) is 0 Å². The lowest BCUT2D eigenvalue weighted by molar-refractivity contribution is 0.174. The Morgan fingerprint density at radius 2 is 2.00 bits per heavy atom. The van der Waals surface area contributed by atoms with Crippen LogP contribution in [0.1, 0.15) is 12.5 Å². The molecule has 0 aliphatic carbocycles. The highest BCUT2D eigenvalue weighted by atomic mass is 16.5. The van der Waals surface area contributed by atoms with Crippen LogP contribution in [-0.2, 0) is 6.42 Å². The summed E-state index contributed by atoms with van der Waals surface area (Å²) in [4.78, 5) is 0. The van der Waals surface area contributed by atoms with E-state index in [2.05, 4.69) is 18.4 Å². The van der Waals surface area contributed by atoms with Crippen molar-refractivity contribution in [3.63, 3.8) is 0 Å². The van der Waals surface area contributed by atoms with Gasteiger partial charge in [-0.2, -0.15) is 0 Å². The Hall–Kier alpha value is -1.10. The van der Waals surface area contributed by atoms with Crippen LogP contribution < -0.4 is 15.9 Å². The molecule has 1 atom stereocenters. The Morgan fingerprint density at radius 1 is 1.35 bits per heavy atom. The summed E-state index contributed by atoms with van der Waals surface area (Å²) in [5, 5.41) is 1.93. The molecule has 0 saturated heterocycles. The minimum atomic E-state index is -0.169. The van der Waals surface area contributed by atoms with E-state index in [9.17, 15) is 0 Å². The van der Waals surface area contributed by atoms with E-state index in [0.29, 0.717) is 6.54 Å². The molecule has 0 saturated carbocycles. The van der Waals surface area contributed by atoms with Gasteiger partial charge in [0.15, 0.2) is 0 Å². The highest BCUT2D eigenvalue weighted by Crippen LogP contribution is 2.22. The Balaban J connectivity index is 2.86. The number of benzene rings is 1. The number of nitrogens with one attached hydrogen (secondary N) is 1. The molecule has 0 bridgehead atoms. The number of hydrogen-bond donors (Lipinski definition) is 2. The van der Waals surface area contributed by atoms with Gasteiger partial charge in [-0.15, -0.1) is 0 Å². The van der Waals surface area contributed by atoms with Gasteiger partial charge in [0.05, 0.1) is 7.11 Å². The monoisotopic (exact) mass is 237 g/mol. The lowest BCUT2D eigenvalue weighted by atomic mass is 9.93. The Kier molecular flexibility index (Phi) is 4.93. The molecule has 0 aliphatic rings. The van der Waals surface area contributed by atoms with Crippen LogP contribution in [0.15, 0.2) is 24.3 Å². The first-order valence-electron chi connectivity index (χ1n) is 5.78. The molecule has 0 heterocycles. The van der Waals surface area contributed by atoms with Crippen molar-refractivity contribution in [2.45, 2.75) is 18.9 Å². The van der Waals surface area contributed by atoms with Gasteiger partial charge in [-0.3, -0.25) is 5.01 Å². The second kappa shape index (κ2) is 6.00. The number of hydrazine groups is 1. The lowest BCUT2D eigenvalue weighted by Gasteiger charge is -2.33. The van der Waals surface area contributed by atoms with Gasteiger partial charge in [0.25, 0.3) is 0 Å². The third-order valence-corrected chi connectivity index (χ3v) is 2.72. The van der Waals surface area contributed by atoms with Gasteiger partial charge >= 0.3 is 0 Å². The maximum atomic E-state index is 5.86. The second-order valence-electron chi connectivity index (χ2n) is 4.76. The molecular formula is C13H23N3O. The van der Waals surface area contributed by atoms with E-state index in [-0.39, 0.29) is 5.54 Å². The summed E-state index contributed by atoms with van der Waals surface area (Å²) in [6.45, 7) is 2.67. The largest absolute Gasteiger partial charge is 0.496 e. The third kappa shape index (κ3) is 4.00. The first kappa shape index (κ1) is 14.0. The molecule has 0 aromatic heterocycles. The van der Waals surface area contributed by atoms with Crippen LogP contribution in [0.3, 0.4) is 0 Å². The van der Waals surface area contributed by atoms with Crippen LogP contribution in [0.25, 0.3) is 0 Å². The van der Waals surface area contributed by atoms with Gasteiger partial charge in [0, 0.05) is 26.2 Å². The molecule has 1 unspecified atom stereocenters. The third-order valence-electron chi connectivity index (χ3n) is 2.72. The summed E-state index contributed by atoms with van der Waals surface area (Å²) >= 11 is 0. The minimum Gasteiger partial charge on any atom is -0.496 e. The van der Waals surface area contributed by atoms with Crippen molar-refractivity contribution in [3.8, 4) is 5.75 Å². The van der Waals surface area contributed by atoms with Crippen molar-refractivity contribution in [2.24, 2.45) is 5.73 Å². The fourth-order valence-corrected chi connectivity index (χ4v) is 1.97. The number of hydrogen-bond acceptors (Lipinski definition) is 4. The molecule has 0 amide bonds. The molecule has 4 nitrogen and oxygen atoms in total. The SMILES string of the molecule is COc1ccccc1CC(C)(CN)NN(C)C. The van der Waals surface area contributed by atoms with Crippen molar-refractivity contribution in [1.82, 2.24) is 10.4 Å². The molecule has 3 N–H and O–H groups in total. The average molecular weight is 237 g/mol. The molecule has 17 heavy (non-hydrogen) atoms. The fourth-order valence-electron chi connectivity index (χ4n) is 1.97. The van der Waals surface area contributed by atoms with Crippen LogP contribution in [0, 0.1) is 0 Å². The number of methoxy groups -OCH3 is 1. The van der Waals surface area contributed by atoms with Gasteiger partial charge < -0.3 is 10.5 Å². The molecule has 0 aliphatic heterocycles. The Bertz CT molecular complexity index is 354. The first-order valence-corrected chi connectivity index (χ1v) is 5.78. The van der Waals surface area contributed by atoms with Crippen molar-refractivity contribution < 1.29 is 4.74 Å². The second-order valence-corrected chi connectivity index (χ2v) is 4.76. The van der Waals surface area contributed by atoms with Gasteiger partial charge in [0.2, 0.25) is 0 Å². The van der Waals surface area contributed by atoms with Gasteiger partial charge in [-0.25, -0.2) is 5.43 Å². The Labute approximate surface area is 104 Å². The van der Waals surface area contributed by atoms with Crippen LogP contribution in [0.5, 0.6) is 5.75 Å². The predicted molar refractivity (Wildman–Crippen MR) is 71.0 cm³/mol. The van der Waals surface area contributed by atoms with E-state index >= 15 is 0 Å². The number of ether oxygens (including phenoxy) is 1. The zero-order chi connectivity index (χ0) is 12.9. The van der Waals surface area contributed by atoms with E-state index < -0.39 is 0 Å². The van der Waals surface area contributed by atoms with Crippen molar-refractivity contribution in [3.05, 3.63) is 29.8 Å². The average Bonchev–Trinajstić information content (AvgIpc) is 2.28. The van der Waals surface area contributed by atoms with Crippen LogP contribution >= 0.6 is 0 Å². The highest BCUT2D eigenvalue weighted by Gasteiger charge is 2.24. The number of para-hydroxylation sites is 1. The molecule has 1 aromatic carbocycles. The molecular weight excluding hydrogens is 214 g/mol. The van der Waals surface area contributed by atoms with Gasteiger partial charge in [0.1, 0.15) is 5.75 Å². The maximum absolute atomic E-state index is 5.86. The van der Waals surface area contributed by atoms with E-state index in [1.54, 1.807) is 7.11 Å².